The number of halogens is 1. The number of aryl methyl sites for hydroxylation is 1. The van der Waals surface area contributed by atoms with Crippen molar-refractivity contribution in [2.24, 2.45) is 0 Å². The van der Waals surface area contributed by atoms with Crippen LogP contribution in [0.2, 0.25) is 0 Å². The van der Waals surface area contributed by atoms with Crippen molar-refractivity contribution >= 4 is 50.9 Å². The molecule has 9 heteroatoms. The molecule has 150 valence electrons. The molecule has 0 fully saturated rings. The summed E-state index contributed by atoms with van der Waals surface area (Å²) in [6.07, 6.45) is 1.97. The molecule has 1 heterocycles. The van der Waals surface area contributed by atoms with Crippen molar-refractivity contribution in [1.82, 2.24) is 15.0 Å². The Balaban J connectivity index is 1.67. The van der Waals surface area contributed by atoms with Gasteiger partial charge in [0.15, 0.2) is 5.69 Å². The first-order valence-corrected chi connectivity index (χ1v) is 10.8. The summed E-state index contributed by atoms with van der Waals surface area (Å²) in [4.78, 5) is 26.0. The highest BCUT2D eigenvalue weighted by atomic mass is 79.9. The van der Waals surface area contributed by atoms with Gasteiger partial charge in [0.05, 0.1) is 5.69 Å². The number of carbonyl (C=O) groups excluding carboxylic acids is 2. The zero-order valence-corrected chi connectivity index (χ0v) is 18.6. The molecule has 0 unspecified atom stereocenters. The first-order valence-electron chi connectivity index (χ1n) is 8.79. The third-order valence-electron chi connectivity index (χ3n) is 4.26. The zero-order valence-electron chi connectivity index (χ0n) is 16.2. The number of hydrogen-bond acceptors (Lipinski definition) is 5. The number of nitrogens with zero attached hydrogens (tertiary/aromatic N) is 3. The number of benzene rings is 2. The molecule has 0 aliphatic rings. The van der Waals surface area contributed by atoms with Crippen LogP contribution in [0.3, 0.4) is 0 Å². The number of aromatic nitrogens is 3. The highest BCUT2D eigenvalue weighted by molar-refractivity contribution is 9.10. The van der Waals surface area contributed by atoms with E-state index in [4.69, 9.17) is 0 Å². The van der Waals surface area contributed by atoms with Gasteiger partial charge < -0.3 is 10.6 Å². The minimum absolute atomic E-state index is 0.0347. The lowest BCUT2D eigenvalue weighted by atomic mass is 10.2. The Morgan fingerprint density at radius 2 is 1.86 bits per heavy atom. The maximum absolute atomic E-state index is 12.6. The van der Waals surface area contributed by atoms with Gasteiger partial charge in [0.2, 0.25) is 5.91 Å². The fourth-order valence-electron chi connectivity index (χ4n) is 2.67. The van der Waals surface area contributed by atoms with Gasteiger partial charge in [0.1, 0.15) is 6.54 Å². The summed E-state index contributed by atoms with van der Waals surface area (Å²) in [6.45, 7) is 3.62. The van der Waals surface area contributed by atoms with E-state index < -0.39 is 0 Å². The molecule has 0 bridgehead atoms. The lowest BCUT2D eigenvalue weighted by Crippen LogP contribution is -2.21. The minimum Gasteiger partial charge on any atom is -0.324 e. The SMILES string of the molecule is CSc1cccc(NC(=O)Cn2nnc(C(=O)Nc3ccc(Br)c(C)c3)c2C)c1. The van der Waals surface area contributed by atoms with Crippen LogP contribution in [0.4, 0.5) is 11.4 Å². The summed E-state index contributed by atoms with van der Waals surface area (Å²) in [5.74, 6) is -0.615. The summed E-state index contributed by atoms with van der Waals surface area (Å²) < 4.78 is 2.38. The summed E-state index contributed by atoms with van der Waals surface area (Å²) >= 11 is 5.03. The van der Waals surface area contributed by atoms with Crippen LogP contribution in [-0.4, -0.2) is 33.1 Å². The summed E-state index contributed by atoms with van der Waals surface area (Å²) in [6, 6.07) is 13.1. The monoisotopic (exact) mass is 473 g/mol. The van der Waals surface area contributed by atoms with Crippen molar-refractivity contribution in [3.05, 3.63) is 63.9 Å². The summed E-state index contributed by atoms with van der Waals surface area (Å²) in [5, 5.41) is 13.6. The second-order valence-electron chi connectivity index (χ2n) is 6.38. The third-order valence-corrected chi connectivity index (χ3v) is 5.88. The van der Waals surface area contributed by atoms with Gasteiger partial charge in [0, 0.05) is 20.7 Å². The number of anilines is 2. The van der Waals surface area contributed by atoms with Gasteiger partial charge in [-0.25, -0.2) is 4.68 Å². The number of nitrogens with one attached hydrogen (secondary N) is 2. The predicted molar refractivity (Wildman–Crippen MR) is 118 cm³/mol. The van der Waals surface area contributed by atoms with Gasteiger partial charge in [-0.15, -0.1) is 16.9 Å². The van der Waals surface area contributed by atoms with E-state index in [0.717, 1.165) is 14.9 Å². The fraction of sp³-hybridized carbons (Fsp3) is 0.200. The molecule has 7 nitrogen and oxygen atoms in total. The molecule has 0 aliphatic heterocycles. The van der Waals surface area contributed by atoms with E-state index in [1.807, 2.05) is 49.6 Å². The van der Waals surface area contributed by atoms with Crippen LogP contribution in [0.25, 0.3) is 0 Å². The van der Waals surface area contributed by atoms with Gasteiger partial charge in [-0.1, -0.05) is 27.2 Å². The predicted octanol–water partition coefficient (Wildman–Crippen LogP) is 4.27. The Kier molecular flexibility index (Phi) is 6.71. The molecule has 0 radical (unpaired) electrons. The number of thioether (sulfide) groups is 1. The van der Waals surface area contributed by atoms with Gasteiger partial charge in [-0.2, -0.15) is 0 Å². The highest BCUT2D eigenvalue weighted by Crippen LogP contribution is 2.21. The molecule has 3 aromatic rings. The van der Waals surface area contributed by atoms with Crippen molar-refractivity contribution < 1.29 is 9.59 Å². The van der Waals surface area contributed by atoms with E-state index in [1.54, 1.807) is 24.8 Å². The first kappa shape index (κ1) is 21.1. The van der Waals surface area contributed by atoms with Crippen LogP contribution in [0.5, 0.6) is 0 Å². The number of hydrogen-bond donors (Lipinski definition) is 2. The Bertz CT molecular complexity index is 1070. The molecule has 0 spiro atoms. The minimum atomic E-state index is -0.372. The van der Waals surface area contributed by atoms with E-state index in [-0.39, 0.29) is 24.1 Å². The maximum Gasteiger partial charge on any atom is 0.278 e. The number of rotatable bonds is 6. The Labute approximate surface area is 181 Å². The van der Waals surface area contributed by atoms with E-state index in [0.29, 0.717) is 17.1 Å². The Morgan fingerprint density at radius 1 is 1.10 bits per heavy atom. The van der Waals surface area contributed by atoms with Crippen LogP contribution in [-0.2, 0) is 11.3 Å². The van der Waals surface area contributed by atoms with Gasteiger partial charge >= 0.3 is 0 Å². The normalized spacial score (nSPS) is 10.6. The quantitative estimate of drug-likeness (QED) is 0.521. The van der Waals surface area contributed by atoms with Gasteiger partial charge in [-0.05, 0) is 62.1 Å². The molecular formula is C20H20BrN5O2S. The number of carbonyl (C=O) groups is 2. The maximum atomic E-state index is 12.6. The van der Waals surface area contributed by atoms with Crippen LogP contribution in [0.15, 0.2) is 51.8 Å². The highest BCUT2D eigenvalue weighted by Gasteiger charge is 2.18. The van der Waals surface area contributed by atoms with Gasteiger partial charge in [0.25, 0.3) is 5.91 Å². The van der Waals surface area contributed by atoms with Gasteiger partial charge in [-0.3, -0.25) is 9.59 Å². The molecule has 3 rings (SSSR count). The molecule has 29 heavy (non-hydrogen) atoms. The van der Waals surface area contributed by atoms with Crippen LogP contribution < -0.4 is 10.6 Å². The zero-order chi connectivity index (χ0) is 21.0. The second-order valence-corrected chi connectivity index (χ2v) is 8.11. The standard InChI is InChI=1S/C20H20BrN5O2S/c1-12-9-15(7-8-17(12)21)23-20(28)19-13(2)26(25-24-19)11-18(27)22-14-5-4-6-16(10-14)29-3/h4-10H,11H2,1-3H3,(H,22,27)(H,23,28). The molecule has 0 saturated carbocycles. The average molecular weight is 474 g/mol. The molecule has 0 atom stereocenters. The summed E-state index contributed by atoms with van der Waals surface area (Å²) in [5.41, 5.74) is 3.08. The van der Waals surface area contributed by atoms with E-state index >= 15 is 0 Å². The molecule has 0 saturated heterocycles. The lowest BCUT2D eigenvalue weighted by molar-refractivity contribution is -0.117. The molecule has 1 aromatic heterocycles. The summed E-state index contributed by atoms with van der Waals surface area (Å²) in [7, 11) is 0. The van der Waals surface area contributed by atoms with Crippen molar-refractivity contribution in [3.63, 3.8) is 0 Å². The topological polar surface area (TPSA) is 88.9 Å². The van der Waals surface area contributed by atoms with Crippen molar-refractivity contribution in [2.75, 3.05) is 16.9 Å². The fourth-order valence-corrected chi connectivity index (χ4v) is 3.38. The number of amides is 2. The van der Waals surface area contributed by atoms with E-state index in [9.17, 15) is 9.59 Å². The smallest absolute Gasteiger partial charge is 0.278 e. The molecule has 2 amide bonds. The van der Waals surface area contributed by atoms with Crippen LogP contribution in [0, 0.1) is 13.8 Å². The van der Waals surface area contributed by atoms with Crippen molar-refractivity contribution in [3.8, 4) is 0 Å². The lowest BCUT2D eigenvalue weighted by Gasteiger charge is -2.08. The van der Waals surface area contributed by atoms with E-state index in [2.05, 4.69) is 36.9 Å². The third kappa shape index (κ3) is 5.24. The first-order chi connectivity index (χ1) is 13.9. The van der Waals surface area contributed by atoms with E-state index in [1.165, 1.54) is 4.68 Å². The Morgan fingerprint density at radius 3 is 2.59 bits per heavy atom. The Hall–Kier alpha value is -2.65. The van der Waals surface area contributed by atoms with Crippen molar-refractivity contribution in [2.45, 2.75) is 25.3 Å². The van der Waals surface area contributed by atoms with Crippen LogP contribution in [0.1, 0.15) is 21.7 Å². The van der Waals surface area contributed by atoms with Crippen LogP contribution >= 0.6 is 27.7 Å². The van der Waals surface area contributed by atoms with Crippen molar-refractivity contribution in [1.29, 1.82) is 0 Å². The molecule has 2 aromatic carbocycles. The largest absolute Gasteiger partial charge is 0.324 e. The molecule has 2 N–H and O–H groups in total. The molecular weight excluding hydrogens is 454 g/mol. The second kappa shape index (κ2) is 9.23. The molecule has 0 aliphatic carbocycles. The average Bonchev–Trinajstić information content (AvgIpc) is 3.05.